The summed E-state index contributed by atoms with van der Waals surface area (Å²) in [6.07, 6.45) is 0.801. The Labute approximate surface area is 123 Å². The Balaban J connectivity index is 2.12. The minimum absolute atomic E-state index is 0.158. The summed E-state index contributed by atoms with van der Waals surface area (Å²) in [5, 5.41) is 0.561. The van der Waals surface area contributed by atoms with Crippen LogP contribution in [0.3, 0.4) is 0 Å². The van der Waals surface area contributed by atoms with Crippen molar-refractivity contribution in [3.63, 3.8) is 0 Å². The number of carbonyl (C=O) groups excluding carboxylic acids is 1. The molecule has 0 N–H and O–H groups in total. The smallest absolute Gasteiger partial charge is 0.292 e. The number of halogens is 1. The highest BCUT2D eigenvalue weighted by atomic mass is 35.5. The number of benzene rings is 1. The maximum Gasteiger partial charge on any atom is 0.292 e. The lowest BCUT2D eigenvalue weighted by Gasteiger charge is -2.32. The Morgan fingerprint density at radius 1 is 1.35 bits per heavy atom. The van der Waals surface area contributed by atoms with Gasteiger partial charge in [-0.2, -0.15) is 0 Å². The van der Waals surface area contributed by atoms with E-state index < -0.39 is 5.79 Å². The van der Waals surface area contributed by atoms with Crippen LogP contribution in [0.1, 0.15) is 25.8 Å². The molecular formula is C15H18ClNO3. The number of carbonyl (C=O) groups is 1. The maximum absolute atomic E-state index is 12.8. The van der Waals surface area contributed by atoms with E-state index in [0.29, 0.717) is 30.7 Å². The molecule has 1 aromatic rings. The van der Waals surface area contributed by atoms with E-state index in [0.717, 1.165) is 17.7 Å². The number of rotatable bonds is 2. The molecule has 0 radical (unpaired) electrons. The number of para-hydroxylation sites is 1. The Bertz CT molecular complexity index is 538. The average molecular weight is 296 g/mol. The van der Waals surface area contributed by atoms with E-state index in [1.807, 2.05) is 12.1 Å². The van der Waals surface area contributed by atoms with Gasteiger partial charge in [-0.25, -0.2) is 0 Å². The topological polar surface area (TPSA) is 38.8 Å². The molecule has 5 heteroatoms. The van der Waals surface area contributed by atoms with Crippen molar-refractivity contribution in [2.24, 2.45) is 5.92 Å². The van der Waals surface area contributed by atoms with Gasteiger partial charge in [0.15, 0.2) is 0 Å². The van der Waals surface area contributed by atoms with Crippen LogP contribution in [0.2, 0.25) is 5.02 Å². The monoisotopic (exact) mass is 295 g/mol. The quantitative estimate of drug-likeness (QED) is 0.842. The molecule has 0 aliphatic carbocycles. The fraction of sp³-hybridized carbons (Fsp3) is 0.533. The molecule has 0 bridgehead atoms. The molecule has 1 spiro atoms. The van der Waals surface area contributed by atoms with Gasteiger partial charge in [-0.15, -0.1) is 0 Å². The molecule has 1 fully saturated rings. The van der Waals surface area contributed by atoms with Crippen molar-refractivity contribution in [1.29, 1.82) is 0 Å². The fourth-order valence-electron chi connectivity index (χ4n) is 2.80. The Morgan fingerprint density at radius 2 is 2.05 bits per heavy atom. The van der Waals surface area contributed by atoms with Crippen LogP contribution in [-0.4, -0.2) is 25.7 Å². The first-order chi connectivity index (χ1) is 9.56. The SMILES string of the molecule is CC(C)CN1C(=O)C2(OCCCO2)c2cccc(Cl)c21. The summed E-state index contributed by atoms with van der Waals surface area (Å²) < 4.78 is 11.5. The molecule has 0 atom stereocenters. The number of hydrogen-bond acceptors (Lipinski definition) is 3. The summed E-state index contributed by atoms with van der Waals surface area (Å²) in [6, 6.07) is 5.49. The van der Waals surface area contributed by atoms with E-state index in [2.05, 4.69) is 13.8 Å². The van der Waals surface area contributed by atoms with Gasteiger partial charge in [0.05, 0.1) is 23.9 Å². The molecule has 2 heterocycles. The Kier molecular flexibility index (Phi) is 3.48. The van der Waals surface area contributed by atoms with Crippen LogP contribution >= 0.6 is 11.6 Å². The number of fused-ring (bicyclic) bond motifs is 2. The van der Waals surface area contributed by atoms with Crippen molar-refractivity contribution in [1.82, 2.24) is 0 Å². The molecule has 1 saturated heterocycles. The van der Waals surface area contributed by atoms with Crippen LogP contribution in [0.4, 0.5) is 5.69 Å². The maximum atomic E-state index is 12.8. The van der Waals surface area contributed by atoms with E-state index in [1.165, 1.54) is 0 Å². The molecule has 0 saturated carbocycles. The van der Waals surface area contributed by atoms with Crippen LogP contribution in [0.15, 0.2) is 18.2 Å². The van der Waals surface area contributed by atoms with Gasteiger partial charge >= 0.3 is 0 Å². The van der Waals surface area contributed by atoms with Gasteiger partial charge < -0.3 is 14.4 Å². The molecule has 2 aliphatic rings. The first-order valence-corrected chi connectivity index (χ1v) is 7.33. The predicted octanol–water partition coefficient (Wildman–Crippen LogP) is 2.93. The highest BCUT2D eigenvalue weighted by Crippen LogP contribution is 2.48. The lowest BCUT2D eigenvalue weighted by molar-refractivity contribution is -0.256. The third kappa shape index (κ3) is 1.94. The summed E-state index contributed by atoms with van der Waals surface area (Å²) in [5.41, 5.74) is 1.46. The molecule has 3 rings (SSSR count). The fourth-order valence-corrected chi connectivity index (χ4v) is 3.08. The van der Waals surface area contributed by atoms with E-state index >= 15 is 0 Å². The third-order valence-corrected chi connectivity index (χ3v) is 3.89. The number of ether oxygens (including phenoxy) is 2. The largest absolute Gasteiger partial charge is 0.338 e. The van der Waals surface area contributed by atoms with Crippen LogP contribution in [0.25, 0.3) is 0 Å². The molecule has 1 aromatic carbocycles. The summed E-state index contributed by atoms with van der Waals surface area (Å²) in [5.74, 6) is -1.11. The van der Waals surface area contributed by atoms with E-state index in [9.17, 15) is 4.79 Å². The molecule has 0 aromatic heterocycles. The van der Waals surface area contributed by atoms with Crippen LogP contribution in [0, 0.1) is 5.92 Å². The zero-order chi connectivity index (χ0) is 14.3. The summed E-state index contributed by atoms with van der Waals surface area (Å²) in [7, 11) is 0. The van der Waals surface area contributed by atoms with Gasteiger partial charge in [-0.05, 0) is 18.4 Å². The van der Waals surface area contributed by atoms with E-state index in [4.69, 9.17) is 21.1 Å². The normalized spacial score (nSPS) is 20.8. The second kappa shape index (κ2) is 5.02. The van der Waals surface area contributed by atoms with Crippen molar-refractivity contribution in [3.05, 3.63) is 28.8 Å². The molecular weight excluding hydrogens is 278 g/mol. The van der Waals surface area contributed by atoms with E-state index in [-0.39, 0.29) is 5.91 Å². The van der Waals surface area contributed by atoms with Crippen molar-refractivity contribution < 1.29 is 14.3 Å². The first kappa shape index (κ1) is 13.9. The highest BCUT2D eigenvalue weighted by molar-refractivity contribution is 6.35. The van der Waals surface area contributed by atoms with Gasteiger partial charge in [0.2, 0.25) is 0 Å². The predicted molar refractivity (Wildman–Crippen MR) is 76.8 cm³/mol. The molecule has 108 valence electrons. The van der Waals surface area contributed by atoms with Gasteiger partial charge in [0, 0.05) is 12.1 Å². The zero-order valence-corrected chi connectivity index (χ0v) is 12.4. The van der Waals surface area contributed by atoms with Gasteiger partial charge in [-0.1, -0.05) is 37.6 Å². The first-order valence-electron chi connectivity index (χ1n) is 6.95. The molecule has 0 unspecified atom stereocenters. The van der Waals surface area contributed by atoms with Crippen LogP contribution < -0.4 is 4.90 Å². The lowest BCUT2D eigenvalue weighted by Crippen LogP contribution is -2.47. The zero-order valence-electron chi connectivity index (χ0n) is 11.7. The highest BCUT2D eigenvalue weighted by Gasteiger charge is 2.55. The second-order valence-corrected chi connectivity index (χ2v) is 6.02. The molecule has 1 amide bonds. The number of amides is 1. The Morgan fingerprint density at radius 3 is 2.70 bits per heavy atom. The van der Waals surface area contributed by atoms with Crippen molar-refractivity contribution >= 4 is 23.2 Å². The van der Waals surface area contributed by atoms with Gasteiger partial charge in [0.25, 0.3) is 11.7 Å². The molecule has 4 nitrogen and oxygen atoms in total. The van der Waals surface area contributed by atoms with Crippen LogP contribution in [0.5, 0.6) is 0 Å². The summed E-state index contributed by atoms with van der Waals surface area (Å²) in [4.78, 5) is 14.5. The minimum Gasteiger partial charge on any atom is -0.338 e. The second-order valence-electron chi connectivity index (χ2n) is 5.61. The van der Waals surface area contributed by atoms with Crippen molar-refractivity contribution in [3.8, 4) is 0 Å². The minimum atomic E-state index is -1.28. The number of hydrogen-bond donors (Lipinski definition) is 0. The Hall–Kier alpha value is -1.10. The van der Waals surface area contributed by atoms with E-state index in [1.54, 1.807) is 11.0 Å². The van der Waals surface area contributed by atoms with Crippen molar-refractivity contribution in [2.75, 3.05) is 24.7 Å². The van der Waals surface area contributed by atoms with Gasteiger partial charge in [-0.3, -0.25) is 4.79 Å². The number of anilines is 1. The number of nitrogens with zero attached hydrogens (tertiary/aromatic N) is 1. The molecule has 20 heavy (non-hydrogen) atoms. The third-order valence-electron chi connectivity index (χ3n) is 3.59. The molecule has 2 aliphatic heterocycles. The summed E-state index contributed by atoms with van der Waals surface area (Å²) in [6.45, 7) is 5.78. The standard InChI is InChI=1S/C15H18ClNO3/c1-10(2)9-17-13-11(5-3-6-12(13)16)15(14(17)18)19-7-4-8-20-15/h3,5-6,10H,4,7-9H2,1-2H3. The lowest BCUT2D eigenvalue weighted by atomic mass is 10.1. The average Bonchev–Trinajstić information content (AvgIpc) is 2.64. The van der Waals surface area contributed by atoms with Gasteiger partial charge in [0.1, 0.15) is 0 Å². The van der Waals surface area contributed by atoms with Crippen LogP contribution in [-0.2, 0) is 20.1 Å². The summed E-state index contributed by atoms with van der Waals surface area (Å²) >= 11 is 6.31. The van der Waals surface area contributed by atoms with Crippen molar-refractivity contribution in [2.45, 2.75) is 26.1 Å².